The Bertz CT molecular complexity index is 762. The molecular weight excluding hydrogens is 353 g/mol. The van der Waals surface area contributed by atoms with Crippen LogP contribution in [0.15, 0.2) is 41.6 Å². The summed E-state index contributed by atoms with van der Waals surface area (Å²) in [6.07, 6.45) is 7.04. The number of aliphatic carboxylic acids is 1. The first kappa shape index (κ1) is 18.7. The Labute approximate surface area is 156 Å². The summed E-state index contributed by atoms with van der Waals surface area (Å²) in [5.41, 5.74) is 1.61. The van der Waals surface area contributed by atoms with Gasteiger partial charge in [-0.1, -0.05) is 25.0 Å². The number of thioether (sulfide) groups is 1. The van der Waals surface area contributed by atoms with Crippen molar-refractivity contribution in [1.29, 1.82) is 0 Å². The monoisotopic (exact) mass is 375 g/mol. The molecule has 1 aromatic carbocycles. The molecule has 0 saturated heterocycles. The van der Waals surface area contributed by atoms with Crippen LogP contribution in [0.3, 0.4) is 0 Å². The van der Waals surface area contributed by atoms with Crippen LogP contribution in [0.25, 0.3) is 0 Å². The minimum atomic E-state index is -0.894. The van der Waals surface area contributed by atoms with E-state index in [1.165, 1.54) is 31.7 Å². The molecule has 1 aliphatic rings. The van der Waals surface area contributed by atoms with Gasteiger partial charge in [-0.05, 0) is 43.0 Å². The number of carbonyl (C=O) groups is 1. The third-order valence-corrected chi connectivity index (χ3v) is 5.83. The zero-order chi connectivity index (χ0) is 18.4. The molecule has 1 aromatic heterocycles. The first-order valence-electron chi connectivity index (χ1n) is 8.85. The lowest BCUT2D eigenvalue weighted by molar-refractivity contribution is -0.136. The molecule has 26 heavy (non-hydrogen) atoms. The Morgan fingerprint density at radius 1 is 1.31 bits per heavy atom. The van der Waals surface area contributed by atoms with Crippen LogP contribution in [0.4, 0.5) is 4.39 Å². The number of hydrogen-bond acceptors (Lipinski definition) is 4. The van der Waals surface area contributed by atoms with Crippen LogP contribution in [0, 0.1) is 5.82 Å². The summed E-state index contributed by atoms with van der Waals surface area (Å²) >= 11 is 1.79. The molecule has 0 spiro atoms. The predicted molar refractivity (Wildman–Crippen MR) is 99.0 cm³/mol. The lowest BCUT2D eigenvalue weighted by atomic mass is 10.1. The molecule has 1 N–H and O–H groups in total. The third-order valence-electron chi connectivity index (χ3n) is 4.44. The van der Waals surface area contributed by atoms with E-state index in [1.54, 1.807) is 30.1 Å². The molecule has 138 valence electrons. The Hall–Kier alpha value is -2.08. The van der Waals surface area contributed by atoms with E-state index in [-0.39, 0.29) is 18.8 Å². The van der Waals surface area contributed by atoms with E-state index in [0.29, 0.717) is 17.2 Å². The maximum absolute atomic E-state index is 14.2. The van der Waals surface area contributed by atoms with Crippen LogP contribution in [-0.2, 0) is 17.8 Å². The summed E-state index contributed by atoms with van der Waals surface area (Å²) in [5.74, 6) is -1.19. The van der Waals surface area contributed by atoms with E-state index < -0.39 is 11.8 Å². The molecule has 0 atom stereocenters. The van der Waals surface area contributed by atoms with E-state index in [4.69, 9.17) is 9.84 Å². The van der Waals surface area contributed by atoms with Gasteiger partial charge in [-0.3, -0.25) is 4.79 Å². The van der Waals surface area contributed by atoms with Crippen LogP contribution in [0.2, 0.25) is 0 Å². The highest BCUT2D eigenvalue weighted by Crippen LogP contribution is 2.35. The van der Waals surface area contributed by atoms with Crippen LogP contribution in [-0.4, -0.2) is 21.3 Å². The molecule has 4 nitrogen and oxygen atoms in total. The van der Waals surface area contributed by atoms with Gasteiger partial charge in [0.1, 0.15) is 11.6 Å². The first-order valence-corrected chi connectivity index (χ1v) is 9.73. The van der Waals surface area contributed by atoms with Gasteiger partial charge in [0, 0.05) is 23.4 Å². The second-order valence-corrected chi connectivity index (χ2v) is 7.73. The van der Waals surface area contributed by atoms with Crippen molar-refractivity contribution in [3.63, 3.8) is 0 Å². The fourth-order valence-corrected chi connectivity index (χ4v) is 4.31. The number of aromatic nitrogens is 1. The van der Waals surface area contributed by atoms with Crippen molar-refractivity contribution in [2.75, 3.05) is 0 Å². The highest BCUT2D eigenvalue weighted by atomic mass is 32.2. The minimum absolute atomic E-state index is 0.0168. The summed E-state index contributed by atoms with van der Waals surface area (Å²) in [6, 6.07) is 8.44. The largest absolute Gasteiger partial charge is 0.486 e. The fourth-order valence-electron chi connectivity index (χ4n) is 3.03. The van der Waals surface area contributed by atoms with Crippen molar-refractivity contribution >= 4 is 17.7 Å². The van der Waals surface area contributed by atoms with E-state index >= 15 is 0 Å². The quantitative estimate of drug-likeness (QED) is 0.715. The molecule has 1 heterocycles. The normalized spacial score (nSPS) is 14.5. The molecule has 0 amide bonds. The molecule has 1 aliphatic carbocycles. The molecule has 0 unspecified atom stereocenters. The number of pyridine rings is 1. The standard InChI is InChI=1S/C20H22FNO3S/c21-17-12-14(8-10-19(23)24)7-9-18(17)25-13-15-4-3-11-22-20(15)26-16-5-1-2-6-16/h3-4,7,9,11-12,16H,1-2,5-6,8,10,13H2,(H,23,24). The van der Waals surface area contributed by atoms with Gasteiger partial charge in [0.15, 0.2) is 11.6 Å². The van der Waals surface area contributed by atoms with Gasteiger partial charge in [0.25, 0.3) is 0 Å². The third kappa shape index (κ3) is 5.21. The smallest absolute Gasteiger partial charge is 0.303 e. The van der Waals surface area contributed by atoms with Crippen molar-refractivity contribution in [3.8, 4) is 5.75 Å². The Kier molecular flexibility index (Phi) is 6.50. The highest BCUT2D eigenvalue weighted by molar-refractivity contribution is 7.99. The Morgan fingerprint density at radius 3 is 2.85 bits per heavy atom. The van der Waals surface area contributed by atoms with Gasteiger partial charge in [0.05, 0.1) is 0 Å². The molecule has 1 fully saturated rings. The molecule has 3 rings (SSSR count). The van der Waals surface area contributed by atoms with E-state index in [9.17, 15) is 9.18 Å². The topological polar surface area (TPSA) is 59.4 Å². The average molecular weight is 375 g/mol. The predicted octanol–water partition coefficient (Wildman–Crippen LogP) is 4.85. The van der Waals surface area contributed by atoms with E-state index in [1.807, 2.05) is 12.1 Å². The van der Waals surface area contributed by atoms with Gasteiger partial charge in [-0.2, -0.15) is 0 Å². The summed E-state index contributed by atoms with van der Waals surface area (Å²) in [5, 5.41) is 10.3. The number of carboxylic acid groups (broad SMARTS) is 1. The maximum Gasteiger partial charge on any atom is 0.303 e. The van der Waals surface area contributed by atoms with Crippen molar-refractivity contribution in [2.45, 2.75) is 55.4 Å². The van der Waals surface area contributed by atoms with Gasteiger partial charge in [-0.25, -0.2) is 9.37 Å². The Morgan fingerprint density at radius 2 is 2.12 bits per heavy atom. The van der Waals surface area contributed by atoms with Crippen molar-refractivity contribution in [2.24, 2.45) is 0 Å². The lowest BCUT2D eigenvalue weighted by Crippen LogP contribution is -2.03. The maximum atomic E-state index is 14.2. The zero-order valence-electron chi connectivity index (χ0n) is 14.5. The molecule has 1 saturated carbocycles. The molecular formula is C20H22FNO3S. The molecule has 0 aliphatic heterocycles. The molecule has 0 radical (unpaired) electrons. The summed E-state index contributed by atoms with van der Waals surface area (Å²) < 4.78 is 19.9. The number of rotatable bonds is 8. The SMILES string of the molecule is O=C(O)CCc1ccc(OCc2cccnc2SC2CCCC2)c(F)c1. The fraction of sp³-hybridized carbons (Fsp3) is 0.400. The molecule has 0 bridgehead atoms. The van der Waals surface area contributed by atoms with Crippen LogP contribution in [0.1, 0.15) is 43.2 Å². The number of hydrogen-bond donors (Lipinski definition) is 1. The Balaban J connectivity index is 1.62. The van der Waals surface area contributed by atoms with E-state index in [0.717, 1.165) is 10.6 Å². The molecule has 6 heteroatoms. The number of benzene rings is 1. The summed E-state index contributed by atoms with van der Waals surface area (Å²) in [6.45, 7) is 0.258. The highest BCUT2D eigenvalue weighted by Gasteiger charge is 2.18. The first-order chi connectivity index (χ1) is 12.6. The molecule has 2 aromatic rings. The zero-order valence-corrected chi connectivity index (χ0v) is 15.3. The number of carboxylic acids is 1. The summed E-state index contributed by atoms with van der Waals surface area (Å²) in [4.78, 5) is 15.1. The van der Waals surface area contributed by atoms with Gasteiger partial charge in [0.2, 0.25) is 0 Å². The van der Waals surface area contributed by atoms with Crippen LogP contribution < -0.4 is 4.74 Å². The second kappa shape index (κ2) is 9.03. The van der Waals surface area contributed by atoms with Gasteiger partial charge in [-0.15, -0.1) is 11.8 Å². The number of aryl methyl sites for hydroxylation is 1. The number of halogens is 1. The number of ether oxygens (including phenoxy) is 1. The number of nitrogens with zero attached hydrogens (tertiary/aromatic N) is 1. The lowest BCUT2D eigenvalue weighted by Gasteiger charge is -2.13. The van der Waals surface area contributed by atoms with Crippen molar-refractivity contribution < 1.29 is 19.0 Å². The van der Waals surface area contributed by atoms with Crippen molar-refractivity contribution in [3.05, 3.63) is 53.5 Å². The van der Waals surface area contributed by atoms with Gasteiger partial charge >= 0.3 is 5.97 Å². The second-order valence-electron chi connectivity index (χ2n) is 6.44. The van der Waals surface area contributed by atoms with Gasteiger partial charge < -0.3 is 9.84 Å². The summed E-state index contributed by atoms with van der Waals surface area (Å²) in [7, 11) is 0. The van der Waals surface area contributed by atoms with Crippen molar-refractivity contribution in [1.82, 2.24) is 4.98 Å². The van der Waals surface area contributed by atoms with Crippen LogP contribution >= 0.6 is 11.8 Å². The van der Waals surface area contributed by atoms with E-state index in [2.05, 4.69) is 4.98 Å². The van der Waals surface area contributed by atoms with Crippen LogP contribution in [0.5, 0.6) is 5.75 Å². The minimum Gasteiger partial charge on any atom is -0.486 e. The average Bonchev–Trinajstić information content (AvgIpc) is 3.13.